The highest BCUT2D eigenvalue weighted by molar-refractivity contribution is 5.95. The van der Waals surface area contributed by atoms with Crippen molar-refractivity contribution in [2.45, 2.75) is 39.2 Å². The van der Waals surface area contributed by atoms with E-state index >= 15 is 0 Å². The van der Waals surface area contributed by atoms with Crippen LogP contribution >= 0.6 is 0 Å². The van der Waals surface area contributed by atoms with Crippen LogP contribution in [-0.2, 0) is 9.53 Å². The molecule has 1 fully saturated rings. The minimum absolute atomic E-state index is 0.110. The maximum atomic E-state index is 12.0. The maximum absolute atomic E-state index is 12.0. The molecule has 0 spiro atoms. The molecule has 1 aromatic carbocycles. The number of aryl methyl sites for hydroxylation is 1. The summed E-state index contributed by atoms with van der Waals surface area (Å²) in [6.07, 6.45) is 1.99. The molecule has 0 atom stereocenters. The van der Waals surface area contributed by atoms with Gasteiger partial charge < -0.3 is 15.4 Å². The summed E-state index contributed by atoms with van der Waals surface area (Å²) in [5, 5.41) is 5.92. The molecule has 126 valence electrons. The summed E-state index contributed by atoms with van der Waals surface area (Å²) in [6, 6.07) is 7.23. The maximum Gasteiger partial charge on any atom is 0.325 e. The molecule has 2 rings (SSSR count). The SMILES string of the molecule is Cc1ccc(C(=O)NCC(=O)OC(C)(C)C2CCNCC2)cc1. The summed E-state index contributed by atoms with van der Waals surface area (Å²) in [6.45, 7) is 7.65. The predicted molar refractivity (Wildman–Crippen MR) is 89.3 cm³/mol. The number of nitrogens with one attached hydrogen (secondary N) is 2. The van der Waals surface area contributed by atoms with E-state index in [1.54, 1.807) is 12.1 Å². The number of hydrogen-bond acceptors (Lipinski definition) is 4. The third-order valence-corrected chi connectivity index (χ3v) is 4.41. The summed E-state index contributed by atoms with van der Waals surface area (Å²) in [7, 11) is 0. The Kier molecular flexibility index (Phi) is 5.77. The summed E-state index contributed by atoms with van der Waals surface area (Å²) in [5.74, 6) is -0.309. The molecule has 5 heteroatoms. The van der Waals surface area contributed by atoms with E-state index in [9.17, 15) is 9.59 Å². The van der Waals surface area contributed by atoms with Crippen LogP contribution in [0.15, 0.2) is 24.3 Å². The second-order valence-corrected chi connectivity index (χ2v) is 6.65. The van der Waals surface area contributed by atoms with Crippen molar-refractivity contribution >= 4 is 11.9 Å². The van der Waals surface area contributed by atoms with Crippen molar-refractivity contribution in [3.8, 4) is 0 Å². The number of rotatable bonds is 5. The largest absolute Gasteiger partial charge is 0.458 e. The fraction of sp³-hybridized carbons (Fsp3) is 0.556. The average molecular weight is 318 g/mol. The van der Waals surface area contributed by atoms with Gasteiger partial charge in [0, 0.05) is 11.5 Å². The molecule has 0 bridgehead atoms. The zero-order valence-corrected chi connectivity index (χ0v) is 14.1. The van der Waals surface area contributed by atoms with Crippen molar-refractivity contribution in [3.63, 3.8) is 0 Å². The van der Waals surface area contributed by atoms with Crippen LogP contribution in [-0.4, -0.2) is 37.1 Å². The molecule has 1 amide bonds. The lowest BCUT2D eigenvalue weighted by atomic mass is 9.83. The van der Waals surface area contributed by atoms with Crippen molar-refractivity contribution in [2.24, 2.45) is 5.92 Å². The van der Waals surface area contributed by atoms with Crippen LogP contribution in [0.25, 0.3) is 0 Å². The number of hydrogen-bond donors (Lipinski definition) is 2. The van der Waals surface area contributed by atoms with E-state index in [-0.39, 0.29) is 12.5 Å². The van der Waals surface area contributed by atoms with Gasteiger partial charge in [-0.05, 0) is 58.8 Å². The molecule has 0 unspecified atom stereocenters. The molecule has 2 N–H and O–H groups in total. The lowest BCUT2D eigenvalue weighted by molar-refractivity contribution is -0.161. The van der Waals surface area contributed by atoms with Crippen molar-refractivity contribution in [3.05, 3.63) is 35.4 Å². The van der Waals surface area contributed by atoms with E-state index in [1.807, 2.05) is 32.9 Å². The monoisotopic (exact) mass is 318 g/mol. The second-order valence-electron chi connectivity index (χ2n) is 6.65. The molecular formula is C18H26N2O3. The van der Waals surface area contributed by atoms with Crippen LogP contribution in [0.2, 0.25) is 0 Å². The van der Waals surface area contributed by atoms with Gasteiger partial charge in [-0.2, -0.15) is 0 Å². The third kappa shape index (κ3) is 5.06. The number of carbonyl (C=O) groups excluding carboxylic acids is 2. The van der Waals surface area contributed by atoms with Crippen LogP contribution in [0.5, 0.6) is 0 Å². The number of esters is 1. The summed E-state index contributed by atoms with van der Waals surface area (Å²) in [5.41, 5.74) is 1.12. The van der Waals surface area contributed by atoms with Gasteiger partial charge in [0.15, 0.2) is 0 Å². The highest BCUT2D eigenvalue weighted by atomic mass is 16.6. The smallest absolute Gasteiger partial charge is 0.325 e. The van der Waals surface area contributed by atoms with E-state index in [0.717, 1.165) is 31.5 Å². The number of amides is 1. The van der Waals surface area contributed by atoms with Crippen LogP contribution < -0.4 is 10.6 Å². The number of carbonyl (C=O) groups is 2. The van der Waals surface area contributed by atoms with Gasteiger partial charge in [0.25, 0.3) is 5.91 Å². The topological polar surface area (TPSA) is 67.4 Å². The predicted octanol–water partition coefficient (Wildman–Crippen LogP) is 2.05. The fourth-order valence-corrected chi connectivity index (χ4v) is 2.89. The molecular weight excluding hydrogens is 292 g/mol. The molecule has 0 radical (unpaired) electrons. The molecule has 1 aliphatic rings. The molecule has 5 nitrogen and oxygen atoms in total. The van der Waals surface area contributed by atoms with Crippen molar-refractivity contribution in [1.29, 1.82) is 0 Å². The normalized spacial score (nSPS) is 16.0. The lowest BCUT2D eigenvalue weighted by Crippen LogP contribution is -2.44. The first-order valence-electron chi connectivity index (χ1n) is 8.16. The third-order valence-electron chi connectivity index (χ3n) is 4.41. The van der Waals surface area contributed by atoms with Gasteiger partial charge in [-0.25, -0.2) is 0 Å². The average Bonchev–Trinajstić information content (AvgIpc) is 2.54. The van der Waals surface area contributed by atoms with Crippen LogP contribution in [0.4, 0.5) is 0 Å². The first kappa shape index (κ1) is 17.5. The van der Waals surface area contributed by atoms with Gasteiger partial charge >= 0.3 is 5.97 Å². The van der Waals surface area contributed by atoms with E-state index in [2.05, 4.69) is 10.6 Å². The summed E-state index contributed by atoms with van der Waals surface area (Å²) in [4.78, 5) is 24.0. The number of benzene rings is 1. The molecule has 1 aliphatic heterocycles. The van der Waals surface area contributed by atoms with Gasteiger partial charge in [0.05, 0.1) is 0 Å². The van der Waals surface area contributed by atoms with Crippen molar-refractivity contribution in [2.75, 3.05) is 19.6 Å². The van der Waals surface area contributed by atoms with E-state index in [4.69, 9.17) is 4.74 Å². The first-order valence-corrected chi connectivity index (χ1v) is 8.16. The minimum Gasteiger partial charge on any atom is -0.458 e. The molecule has 1 heterocycles. The Balaban J connectivity index is 1.82. The van der Waals surface area contributed by atoms with E-state index in [0.29, 0.717) is 11.5 Å². The van der Waals surface area contributed by atoms with Crippen LogP contribution in [0, 0.1) is 12.8 Å². The van der Waals surface area contributed by atoms with Gasteiger partial charge in [0.2, 0.25) is 0 Å². The quantitative estimate of drug-likeness (QED) is 0.815. The molecule has 1 aromatic rings. The standard InChI is InChI=1S/C18H26N2O3/c1-13-4-6-14(7-5-13)17(22)20-12-16(21)23-18(2,3)15-8-10-19-11-9-15/h4-7,15,19H,8-12H2,1-3H3,(H,20,22). The molecule has 0 saturated carbocycles. The summed E-state index contributed by atoms with van der Waals surface area (Å²) < 4.78 is 5.60. The Hall–Kier alpha value is -1.88. The molecule has 1 saturated heterocycles. The zero-order valence-electron chi connectivity index (χ0n) is 14.1. The molecule has 0 aromatic heterocycles. The first-order chi connectivity index (χ1) is 10.9. The highest BCUT2D eigenvalue weighted by Gasteiger charge is 2.34. The second kappa shape index (κ2) is 7.59. The Labute approximate surface area is 137 Å². The summed E-state index contributed by atoms with van der Waals surface area (Å²) >= 11 is 0. The number of ether oxygens (including phenoxy) is 1. The van der Waals surface area contributed by atoms with Gasteiger partial charge in [-0.1, -0.05) is 17.7 Å². The Morgan fingerprint density at radius 3 is 2.43 bits per heavy atom. The Morgan fingerprint density at radius 1 is 1.22 bits per heavy atom. The Bertz CT molecular complexity index is 546. The highest BCUT2D eigenvalue weighted by Crippen LogP contribution is 2.28. The minimum atomic E-state index is -0.506. The van der Waals surface area contributed by atoms with Crippen molar-refractivity contribution < 1.29 is 14.3 Å². The Morgan fingerprint density at radius 2 is 1.83 bits per heavy atom. The van der Waals surface area contributed by atoms with E-state index < -0.39 is 11.6 Å². The molecule has 23 heavy (non-hydrogen) atoms. The van der Waals surface area contributed by atoms with Crippen LogP contribution in [0.3, 0.4) is 0 Å². The van der Waals surface area contributed by atoms with Gasteiger partial charge in [-0.3, -0.25) is 9.59 Å². The van der Waals surface area contributed by atoms with E-state index in [1.165, 1.54) is 0 Å². The van der Waals surface area contributed by atoms with Gasteiger partial charge in [-0.15, -0.1) is 0 Å². The van der Waals surface area contributed by atoms with Gasteiger partial charge in [0.1, 0.15) is 12.1 Å². The fourth-order valence-electron chi connectivity index (χ4n) is 2.89. The number of piperidine rings is 1. The zero-order chi connectivity index (χ0) is 16.9. The van der Waals surface area contributed by atoms with Crippen molar-refractivity contribution in [1.82, 2.24) is 10.6 Å². The van der Waals surface area contributed by atoms with Crippen LogP contribution in [0.1, 0.15) is 42.6 Å². The lowest BCUT2D eigenvalue weighted by Gasteiger charge is -2.36. The molecule has 0 aliphatic carbocycles.